The molecule has 2 aliphatic rings. The zero-order chi connectivity index (χ0) is 20.4. The maximum atomic E-state index is 12.8. The molecule has 0 bridgehead atoms. The number of hydrogen-bond acceptors (Lipinski definition) is 6. The summed E-state index contributed by atoms with van der Waals surface area (Å²) in [6.45, 7) is 3.85. The largest absolute Gasteiger partial charge is 0.467 e. The van der Waals surface area contributed by atoms with Crippen LogP contribution in [0.5, 0.6) is 0 Å². The Morgan fingerprint density at radius 3 is 2.41 bits per heavy atom. The molecule has 0 radical (unpaired) electrons. The molecule has 1 amide bonds. The second-order valence-electron chi connectivity index (χ2n) is 7.02. The number of rotatable bonds is 6. The lowest BCUT2D eigenvalue weighted by atomic mass is 9.97. The molecule has 2 rings (SSSR count). The van der Waals surface area contributed by atoms with E-state index in [1.54, 1.807) is 38.5 Å². The highest BCUT2D eigenvalue weighted by Crippen LogP contribution is 2.28. The predicted octanol–water partition coefficient (Wildman–Crippen LogP) is 0.761. The van der Waals surface area contributed by atoms with Gasteiger partial charge in [-0.3, -0.25) is 4.79 Å². The molecule has 1 atom stereocenters. The van der Waals surface area contributed by atoms with Crippen LogP contribution < -0.4 is 0 Å². The van der Waals surface area contributed by atoms with Gasteiger partial charge in [0, 0.05) is 33.4 Å². The third-order valence-electron chi connectivity index (χ3n) is 4.76. The summed E-state index contributed by atoms with van der Waals surface area (Å²) in [7, 11) is 0.806. The minimum Gasteiger partial charge on any atom is -0.467 e. The summed E-state index contributed by atoms with van der Waals surface area (Å²) in [5.74, 6) is -1.32. The quantitative estimate of drug-likeness (QED) is 0.615. The highest BCUT2D eigenvalue weighted by atomic mass is 32.2. The highest BCUT2D eigenvalue weighted by Gasteiger charge is 2.44. The van der Waals surface area contributed by atoms with E-state index in [-0.39, 0.29) is 29.9 Å². The van der Waals surface area contributed by atoms with Crippen LogP contribution in [0.3, 0.4) is 0 Å². The van der Waals surface area contributed by atoms with Crippen molar-refractivity contribution >= 4 is 21.9 Å². The molecule has 0 aromatic heterocycles. The normalized spacial score (nSPS) is 19.3. The molecule has 0 aromatic carbocycles. The first kappa shape index (κ1) is 21.2. The Bertz CT molecular complexity index is 779. The number of hydrogen-bond donors (Lipinski definition) is 0. The van der Waals surface area contributed by atoms with E-state index >= 15 is 0 Å². The molecule has 2 heterocycles. The number of allylic oxidation sites excluding steroid dienone is 4. The molecule has 9 heteroatoms. The fraction of sp³-hybridized carbons (Fsp3) is 0.556. The number of methoxy groups -OCH3 is 1. The molecular weight excluding hydrogens is 370 g/mol. The number of sulfonamides is 1. The first-order chi connectivity index (χ1) is 12.6. The molecule has 0 saturated carbocycles. The van der Waals surface area contributed by atoms with Crippen LogP contribution in [-0.4, -0.2) is 74.7 Å². The minimum absolute atomic E-state index is 0.0934. The Hall–Kier alpha value is -2.13. The van der Waals surface area contributed by atoms with Crippen molar-refractivity contribution in [2.45, 2.75) is 19.9 Å². The van der Waals surface area contributed by atoms with E-state index in [2.05, 4.69) is 0 Å². The lowest BCUT2D eigenvalue weighted by Crippen LogP contribution is -2.59. The molecule has 150 valence electrons. The van der Waals surface area contributed by atoms with Crippen molar-refractivity contribution in [3.63, 3.8) is 0 Å². The van der Waals surface area contributed by atoms with Gasteiger partial charge in [-0.25, -0.2) is 13.2 Å². The zero-order valence-corrected chi connectivity index (χ0v) is 17.1. The SMILES string of the molecule is COC(=O)[C@H](C(C)C)N(C)C(=O)C1CN(S(=O)(=O)C2=CC=CC=CN2C)C1. The number of esters is 1. The standard InChI is InChI=1S/C18H27N3O5S/c1-13(2)16(18(23)26-5)20(4)17(22)14-11-21(12-14)27(24,25)15-9-7-6-8-10-19(15)3/h6-10,13-14,16H,11-12H2,1-5H3/t16-/m0/s1. The molecule has 2 aliphatic heterocycles. The second kappa shape index (κ2) is 8.26. The van der Waals surface area contributed by atoms with Crippen LogP contribution in [0.1, 0.15) is 13.8 Å². The third kappa shape index (κ3) is 4.24. The first-order valence-corrected chi connectivity index (χ1v) is 10.2. The van der Waals surface area contributed by atoms with E-state index in [0.717, 1.165) is 0 Å². The van der Waals surface area contributed by atoms with Gasteiger partial charge < -0.3 is 14.5 Å². The van der Waals surface area contributed by atoms with Gasteiger partial charge in [0.05, 0.1) is 13.0 Å². The van der Waals surface area contributed by atoms with Crippen molar-refractivity contribution in [3.8, 4) is 0 Å². The molecule has 8 nitrogen and oxygen atoms in total. The first-order valence-electron chi connectivity index (χ1n) is 8.74. The van der Waals surface area contributed by atoms with Gasteiger partial charge in [-0.05, 0) is 18.1 Å². The van der Waals surface area contributed by atoms with E-state index in [9.17, 15) is 18.0 Å². The Labute approximate surface area is 160 Å². The van der Waals surface area contributed by atoms with Gasteiger partial charge in [0.25, 0.3) is 10.0 Å². The Balaban J connectivity index is 2.07. The van der Waals surface area contributed by atoms with Gasteiger partial charge >= 0.3 is 5.97 Å². The van der Waals surface area contributed by atoms with E-state index in [1.165, 1.54) is 27.3 Å². The number of nitrogens with zero attached hydrogens (tertiary/aromatic N) is 3. The number of ether oxygens (including phenoxy) is 1. The van der Waals surface area contributed by atoms with Gasteiger partial charge in [-0.2, -0.15) is 4.31 Å². The smallest absolute Gasteiger partial charge is 0.328 e. The monoisotopic (exact) mass is 397 g/mol. The maximum Gasteiger partial charge on any atom is 0.328 e. The number of likely N-dealkylation sites (N-methyl/N-ethyl adjacent to an activating group) is 1. The van der Waals surface area contributed by atoms with E-state index in [4.69, 9.17) is 4.74 Å². The predicted molar refractivity (Wildman–Crippen MR) is 102 cm³/mol. The van der Waals surface area contributed by atoms with Crippen LogP contribution in [0.25, 0.3) is 0 Å². The van der Waals surface area contributed by atoms with Crippen molar-refractivity contribution < 1.29 is 22.7 Å². The average Bonchev–Trinajstić information content (AvgIpc) is 2.77. The van der Waals surface area contributed by atoms with Crippen LogP contribution in [-0.2, 0) is 24.3 Å². The fourth-order valence-electron chi connectivity index (χ4n) is 3.19. The van der Waals surface area contributed by atoms with Crippen molar-refractivity contribution in [1.29, 1.82) is 0 Å². The van der Waals surface area contributed by atoms with E-state index in [1.807, 2.05) is 13.8 Å². The Morgan fingerprint density at radius 2 is 1.85 bits per heavy atom. The summed E-state index contributed by atoms with van der Waals surface area (Å²) in [5, 5.41) is 0.154. The summed E-state index contributed by atoms with van der Waals surface area (Å²) in [5.41, 5.74) is 0. The number of carbonyl (C=O) groups excluding carboxylic acids is 2. The lowest BCUT2D eigenvalue weighted by molar-refractivity contribution is -0.156. The van der Waals surface area contributed by atoms with Crippen molar-refractivity contribution in [2.75, 3.05) is 34.3 Å². The van der Waals surface area contributed by atoms with Gasteiger partial charge in [-0.1, -0.05) is 26.0 Å². The summed E-state index contributed by atoms with van der Waals surface area (Å²) >= 11 is 0. The molecule has 1 fully saturated rings. The van der Waals surface area contributed by atoms with Gasteiger partial charge in [0.1, 0.15) is 11.1 Å². The topological polar surface area (TPSA) is 87.2 Å². The van der Waals surface area contributed by atoms with Gasteiger partial charge in [0.15, 0.2) is 0 Å². The van der Waals surface area contributed by atoms with Crippen LogP contribution in [0.2, 0.25) is 0 Å². The number of carbonyl (C=O) groups is 2. The van der Waals surface area contributed by atoms with Crippen LogP contribution in [0.4, 0.5) is 0 Å². The molecule has 27 heavy (non-hydrogen) atoms. The molecule has 0 aromatic rings. The zero-order valence-electron chi connectivity index (χ0n) is 16.3. The maximum absolute atomic E-state index is 12.8. The van der Waals surface area contributed by atoms with Crippen LogP contribution in [0.15, 0.2) is 35.5 Å². The second-order valence-corrected chi connectivity index (χ2v) is 8.91. The summed E-state index contributed by atoms with van der Waals surface area (Å²) in [6.07, 6.45) is 8.34. The fourth-order valence-corrected chi connectivity index (χ4v) is 4.88. The third-order valence-corrected chi connectivity index (χ3v) is 6.69. The average molecular weight is 397 g/mol. The Morgan fingerprint density at radius 1 is 1.22 bits per heavy atom. The van der Waals surface area contributed by atoms with E-state index < -0.39 is 28.0 Å². The molecular formula is C18H27N3O5S. The van der Waals surface area contributed by atoms with Crippen molar-refractivity contribution in [1.82, 2.24) is 14.1 Å². The molecule has 0 unspecified atom stereocenters. The molecule has 1 saturated heterocycles. The summed E-state index contributed by atoms with van der Waals surface area (Å²) in [6, 6.07) is -0.695. The van der Waals surface area contributed by atoms with Gasteiger partial charge in [-0.15, -0.1) is 0 Å². The van der Waals surface area contributed by atoms with Crippen LogP contribution >= 0.6 is 0 Å². The van der Waals surface area contributed by atoms with Gasteiger partial charge in [0.2, 0.25) is 5.91 Å². The number of amides is 1. The minimum atomic E-state index is -3.69. The Kier molecular flexibility index (Phi) is 6.48. The molecule has 0 spiro atoms. The van der Waals surface area contributed by atoms with Crippen molar-refractivity contribution in [3.05, 3.63) is 35.5 Å². The molecule has 0 N–H and O–H groups in total. The summed E-state index contributed by atoms with van der Waals surface area (Å²) < 4.78 is 31.7. The lowest BCUT2D eigenvalue weighted by Gasteiger charge is -2.41. The summed E-state index contributed by atoms with van der Waals surface area (Å²) in [4.78, 5) is 27.6. The molecule has 0 aliphatic carbocycles. The van der Waals surface area contributed by atoms with Crippen LogP contribution in [0, 0.1) is 11.8 Å². The van der Waals surface area contributed by atoms with Crippen molar-refractivity contribution in [2.24, 2.45) is 11.8 Å². The highest BCUT2D eigenvalue weighted by molar-refractivity contribution is 7.93. The van der Waals surface area contributed by atoms with E-state index in [0.29, 0.717) is 0 Å².